The molecular formula is C7H15NOS. The molecule has 0 heterocycles. The summed E-state index contributed by atoms with van der Waals surface area (Å²) in [6.45, 7) is 5.47. The van der Waals surface area contributed by atoms with Gasteiger partial charge in [-0.15, -0.1) is 12.6 Å². The number of rotatable bonds is 2. The van der Waals surface area contributed by atoms with E-state index < -0.39 is 5.54 Å². The minimum absolute atomic E-state index is 0.274. The first kappa shape index (κ1) is 9.85. The molecule has 0 saturated carbocycles. The van der Waals surface area contributed by atoms with E-state index in [-0.39, 0.29) is 5.76 Å². The van der Waals surface area contributed by atoms with Crippen molar-refractivity contribution in [1.82, 2.24) is 0 Å². The molecule has 0 saturated heterocycles. The van der Waals surface area contributed by atoms with Crippen LogP contribution in [0, 0.1) is 0 Å². The van der Waals surface area contributed by atoms with Crippen LogP contribution in [0.25, 0.3) is 0 Å². The Kier molecular flexibility index (Phi) is 3.25. The summed E-state index contributed by atoms with van der Waals surface area (Å²) in [6.07, 6.45) is 0.583. The second kappa shape index (κ2) is 3.30. The van der Waals surface area contributed by atoms with Gasteiger partial charge in [0.1, 0.15) is 5.76 Å². The van der Waals surface area contributed by atoms with Crippen molar-refractivity contribution in [2.24, 2.45) is 5.73 Å². The zero-order valence-electron chi connectivity index (χ0n) is 6.68. The minimum atomic E-state index is -0.525. The van der Waals surface area contributed by atoms with Gasteiger partial charge in [0.15, 0.2) is 0 Å². The second-order valence-corrected chi connectivity index (χ2v) is 3.32. The van der Waals surface area contributed by atoms with Crippen molar-refractivity contribution < 1.29 is 5.11 Å². The monoisotopic (exact) mass is 161 g/mol. The van der Waals surface area contributed by atoms with Crippen LogP contribution < -0.4 is 5.73 Å². The lowest BCUT2D eigenvalue weighted by Crippen LogP contribution is -2.33. The Morgan fingerprint density at radius 2 is 2.00 bits per heavy atom. The highest BCUT2D eigenvalue weighted by Crippen LogP contribution is 2.20. The molecule has 0 amide bonds. The summed E-state index contributed by atoms with van der Waals surface area (Å²) >= 11 is 4.09. The lowest BCUT2D eigenvalue weighted by molar-refractivity contribution is 0.381. The van der Waals surface area contributed by atoms with Gasteiger partial charge >= 0.3 is 0 Å². The molecule has 0 radical (unpaired) electrons. The molecule has 3 N–H and O–H groups in total. The fraction of sp³-hybridized carbons (Fsp3) is 0.714. The van der Waals surface area contributed by atoms with Crippen LogP contribution in [0.4, 0.5) is 0 Å². The predicted octanol–water partition coefficient (Wildman–Crippen LogP) is 1.83. The maximum atomic E-state index is 9.19. The summed E-state index contributed by atoms with van der Waals surface area (Å²) in [5.74, 6) is 0.274. The van der Waals surface area contributed by atoms with Crippen molar-refractivity contribution in [2.45, 2.75) is 32.7 Å². The maximum absolute atomic E-state index is 9.19. The highest BCUT2D eigenvalue weighted by atomic mass is 32.1. The van der Waals surface area contributed by atoms with Crippen LogP contribution in [-0.2, 0) is 0 Å². The van der Waals surface area contributed by atoms with E-state index in [9.17, 15) is 5.11 Å². The first-order valence-electron chi connectivity index (χ1n) is 3.30. The topological polar surface area (TPSA) is 46.2 Å². The van der Waals surface area contributed by atoms with E-state index in [0.717, 1.165) is 0 Å². The fourth-order valence-corrected chi connectivity index (χ4v) is 0.697. The fourth-order valence-electron chi connectivity index (χ4n) is 0.539. The normalized spacial score (nSPS) is 14.9. The summed E-state index contributed by atoms with van der Waals surface area (Å²) in [5.41, 5.74) is 5.14. The third kappa shape index (κ3) is 2.62. The molecule has 0 aromatic carbocycles. The Hall–Kier alpha value is -0.150. The number of hydrogen-bond donors (Lipinski definition) is 3. The quantitative estimate of drug-likeness (QED) is 0.427. The number of aliphatic hydroxyl groups is 1. The van der Waals surface area contributed by atoms with Gasteiger partial charge in [-0.2, -0.15) is 0 Å². The lowest BCUT2D eigenvalue weighted by atomic mass is 10.1. The van der Waals surface area contributed by atoms with Crippen LogP contribution in [0.5, 0.6) is 0 Å². The molecule has 60 valence electrons. The Balaban J connectivity index is 4.47. The van der Waals surface area contributed by atoms with E-state index in [2.05, 4.69) is 12.6 Å². The molecule has 0 aliphatic heterocycles. The third-order valence-corrected chi connectivity index (χ3v) is 2.05. The zero-order chi connectivity index (χ0) is 8.36. The summed E-state index contributed by atoms with van der Waals surface area (Å²) in [5, 5.41) is 9.19. The van der Waals surface area contributed by atoms with Crippen molar-refractivity contribution in [3.63, 3.8) is 0 Å². The molecule has 0 fully saturated rings. The van der Waals surface area contributed by atoms with E-state index >= 15 is 0 Å². The SMILES string of the molecule is CC/C(O)=C(/S)C(C)(C)N. The first-order chi connectivity index (χ1) is 4.39. The van der Waals surface area contributed by atoms with Crippen molar-refractivity contribution in [1.29, 1.82) is 0 Å². The molecule has 10 heavy (non-hydrogen) atoms. The molecular weight excluding hydrogens is 146 g/mol. The molecule has 0 aromatic heterocycles. The highest BCUT2D eigenvalue weighted by molar-refractivity contribution is 7.84. The number of thiol groups is 1. The van der Waals surface area contributed by atoms with Gasteiger partial charge in [0.25, 0.3) is 0 Å². The Labute approximate surface area is 67.5 Å². The second-order valence-electron chi connectivity index (χ2n) is 2.87. The maximum Gasteiger partial charge on any atom is 0.103 e. The molecule has 0 aliphatic rings. The number of hydrogen-bond acceptors (Lipinski definition) is 3. The predicted molar refractivity (Wildman–Crippen MR) is 47.2 cm³/mol. The van der Waals surface area contributed by atoms with Gasteiger partial charge < -0.3 is 10.8 Å². The molecule has 3 heteroatoms. The van der Waals surface area contributed by atoms with E-state index in [1.54, 1.807) is 13.8 Å². The molecule has 0 aliphatic carbocycles. The molecule has 0 aromatic rings. The summed E-state index contributed by atoms with van der Waals surface area (Å²) in [6, 6.07) is 0. The van der Waals surface area contributed by atoms with Gasteiger partial charge in [0, 0.05) is 16.9 Å². The number of allylic oxidation sites excluding steroid dienone is 1. The zero-order valence-corrected chi connectivity index (χ0v) is 7.57. The third-order valence-electron chi connectivity index (χ3n) is 1.22. The Morgan fingerprint density at radius 1 is 1.60 bits per heavy atom. The van der Waals surface area contributed by atoms with Gasteiger partial charge in [0.05, 0.1) is 0 Å². The van der Waals surface area contributed by atoms with Gasteiger partial charge in [-0.3, -0.25) is 0 Å². The Morgan fingerprint density at radius 3 is 2.10 bits per heavy atom. The summed E-state index contributed by atoms with van der Waals surface area (Å²) < 4.78 is 0. The Bertz CT molecular complexity index is 146. The van der Waals surface area contributed by atoms with Crippen molar-refractivity contribution in [2.75, 3.05) is 0 Å². The van der Waals surface area contributed by atoms with Crippen LogP contribution in [0.1, 0.15) is 27.2 Å². The average molecular weight is 161 g/mol. The van der Waals surface area contributed by atoms with Gasteiger partial charge in [-0.1, -0.05) is 6.92 Å². The van der Waals surface area contributed by atoms with Crippen molar-refractivity contribution in [3.05, 3.63) is 10.7 Å². The summed E-state index contributed by atoms with van der Waals surface area (Å²) in [4.78, 5) is 0.565. The van der Waals surface area contributed by atoms with Gasteiger partial charge in [0.2, 0.25) is 0 Å². The molecule has 2 nitrogen and oxygen atoms in total. The van der Waals surface area contributed by atoms with Crippen molar-refractivity contribution >= 4 is 12.6 Å². The number of nitrogens with two attached hydrogens (primary N) is 1. The van der Waals surface area contributed by atoms with Crippen LogP contribution >= 0.6 is 12.6 Å². The molecule has 0 atom stereocenters. The van der Waals surface area contributed by atoms with Crippen molar-refractivity contribution in [3.8, 4) is 0 Å². The van der Waals surface area contributed by atoms with Gasteiger partial charge in [-0.05, 0) is 13.8 Å². The molecule has 0 bridgehead atoms. The van der Waals surface area contributed by atoms with Gasteiger partial charge in [-0.25, -0.2) is 0 Å². The molecule has 0 unspecified atom stereocenters. The molecule has 0 rings (SSSR count). The molecule has 0 spiro atoms. The van der Waals surface area contributed by atoms with Crippen LogP contribution in [-0.4, -0.2) is 10.6 Å². The first-order valence-corrected chi connectivity index (χ1v) is 3.74. The van der Waals surface area contributed by atoms with E-state index in [1.165, 1.54) is 0 Å². The van der Waals surface area contributed by atoms with E-state index in [0.29, 0.717) is 11.3 Å². The summed E-state index contributed by atoms with van der Waals surface area (Å²) in [7, 11) is 0. The number of aliphatic hydroxyl groups excluding tert-OH is 1. The van der Waals surface area contributed by atoms with E-state index in [4.69, 9.17) is 5.73 Å². The smallest absolute Gasteiger partial charge is 0.103 e. The van der Waals surface area contributed by atoms with Crippen LogP contribution in [0.15, 0.2) is 10.7 Å². The largest absolute Gasteiger partial charge is 0.511 e. The van der Waals surface area contributed by atoms with Crippen LogP contribution in [0.2, 0.25) is 0 Å². The highest BCUT2D eigenvalue weighted by Gasteiger charge is 2.17. The van der Waals surface area contributed by atoms with Crippen LogP contribution in [0.3, 0.4) is 0 Å². The minimum Gasteiger partial charge on any atom is -0.511 e. The van der Waals surface area contributed by atoms with E-state index in [1.807, 2.05) is 6.92 Å². The lowest BCUT2D eigenvalue weighted by Gasteiger charge is -2.19. The standard InChI is InChI=1S/C7H15NOS/c1-4-5(9)6(10)7(2,3)8/h9-10H,4,8H2,1-3H3/b6-5-. The average Bonchev–Trinajstić information content (AvgIpc) is 1.83.